The minimum absolute atomic E-state index is 0.0188. The molecule has 0 radical (unpaired) electrons. The highest BCUT2D eigenvalue weighted by atomic mass is 16.5. The van der Waals surface area contributed by atoms with Crippen molar-refractivity contribution < 1.29 is 19.1 Å². The van der Waals surface area contributed by atoms with Crippen molar-refractivity contribution in [2.24, 2.45) is 0 Å². The maximum absolute atomic E-state index is 10.9. The van der Waals surface area contributed by atoms with E-state index in [9.17, 15) is 4.79 Å². The number of benzene rings is 1. The number of carboxylic acid groups (broad SMARTS) is 1. The molecule has 1 unspecified atom stereocenters. The molecule has 0 bridgehead atoms. The number of carbonyl (C=O) groups is 1. The van der Waals surface area contributed by atoms with Gasteiger partial charge >= 0.3 is 5.97 Å². The number of hydrogen-bond donors (Lipinski definition) is 1. The Balaban J connectivity index is 1.79. The highest BCUT2D eigenvalue weighted by molar-refractivity contribution is 5.91. The fraction of sp³-hybridized carbons (Fsp3) is 0.400. The molecule has 106 valence electrons. The van der Waals surface area contributed by atoms with Gasteiger partial charge < -0.3 is 14.3 Å². The molecule has 0 spiro atoms. The maximum atomic E-state index is 10.9. The van der Waals surface area contributed by atoms with Gasteiger partial charge in [-0.2, -0.15) is 0 Å². The highest BCUT2D eigenvalue weighted by Crippen LogP contribution is 2.22. The molecule has 1 aromatic carbocycles. The third kappa shape index (κ3) is 2.55. The molecular formula is C15H17NO4. The third-order valence-electron chi connectivity index (χ3n) is 3.75. The Bertz CT molecular complexity index is 628. The molecule has 1 aromatic heterocycles. The van der Waals surface area contributed by atoms with Crippen molar-refractivity contribution in [3.63, 3.8) is 0 Å². The predicted molar refractivity (Wildman–Crippen MR) is 73.9 cm³/mol. The fourth-order valence-electron chi connectivity index (χ4n) is 2.58. The lowest BCUT2D eigenvalue weighted by Crippen LogP contribution is -2.31. The van der Waals surface area contributed by atoms with Gasteiger partial charge in [-0.1, -0.05) is 6.07 Å². The predicted octanol–water partition coefficient (Wildman–Crippen LogP) is 2.35. The molecule has 1 atom stereocenters. The average Bonchev–Trinajstić information content (AvgIpc) is 3.07. The second kappa shape index (κ2) is 5.26. The number of furan rings is 1. The molecule has 2 heterocycles. The van der Waals surface area contributed by atoms with E-state index in [-0.39, 0.29) is 5.76 Å². The van der Waals surface area contributed by atoms with E-state index in [4.69, 9.17) is 14.3 Å². The molecule has 20 heavy (non-hydrogen) atoms. The zero-order valence-electron chi connectivity index (χ0n) is 11.3. The van der Waals surface area contributed by atoms with Gasteiger partial charge in [0.15, 0.2) is 0 Å². The van der Waals surface area contributed by atoms with Crippen LogP contribution >= 0.6 is 0 Å². The van der Waals surface area contributed by atoms with Crippen molar-refractivity contribution >= 4 is 16.9 Å². The summed E-state index contributed by atoms with van der Waals surface area (Å²) in [6.07, 6.45) is 1.06. The summed E-state index contributed by atoms with van der Waals surface area (Å²) in [5, 5.41) is 9.76. The SMILES string of the molecule is CN(Cc1ccc2oc(C(=O)O)cc2c1)C1CCOC1. The Kier molecular flexibility index (Phi) is 3.46. The summed E-state index contributed by atoms with van der Waals surface area (Å²) in [7, 11) is 2.08. The molecule has 0 aliphatic carbocycles. The maximum Gasteiger partial charge on any atom is 0.371 e. The number of nitrogens with zero attached hydrogens (tertiary/aromatic N) is 1. The first-order valence-corrected chi connectivity index (χ1v) is 6.67. The zero-order chi connectivity index (χ0) is 14.1. The van der Waals surface area contributed by atoms with E-state index in [0.29, 0.717) is 11.6 Å². The van der Waals surface area contributed by atoms with Crippen LogP contribution in [0.1, 0.15) is 22.5 Å². The monoisotopic (exact) mass is 275 g/mol. The van der Waals surface area contributed by atoms with Gasteiger partial charge in [-0.3, -0.25) is 4.90 Å². The van der Waals surface area contributed by atoms with Crippen molar-refractivity contribution in [1.82, 2.24) is 4.90 Å². The van der Waals surface area contributed by atoms with Crippen molar-refractivity contribution in [1.29, 1.82) is 0 Å². The van der Waals surface area contributed by atoms with Gasteiger partial charge in [-0.25, -0.2) is 4.79 Å². The summed E-state index contributed by atoms with van der Waals surface area (Å²) >= 11 is 0. The second-order valence-electron chi connectivity index (χ2n) is 5.22. The lowest BCUT2D eigenvalue weighted by molar-refractivity contribution is 0.0665. The summed E-state index contributed by atoms with van der Waals surface area (Å²) in [4.78, 5) is 13.2. The van der Waals surface area contributed by atoms with Gasteiger partial charge in [0.25, 0.3) is 0 Å². The molecule has 3 rings (SSSR count). The summed E-state index contributed by atoms with van der Waals surface area (Å²) in [5.74, 6) is -1.06. The van der Waals surface area contributed by atoms with E-state index >= 15 is 0 Å². The van der Waals surface area contributed by atoms with Crippen LogP contribution < -0.4 is 0 Å². The van der Waals surface area contributed by atoms with Gasteiger partial charge in [0.1, 0.15) is 5.58 Å². The Morgan fingerprint density at radius 3 is 3.00 bits per heavy atom. The molecule has 1 aliphatic rings. The summed E-state index contributed by atoms with van der Waals surface area (Å²) in [5.41, 5.74) is 1.75. The van der Waals surface area contributed by atoms with E-state index in [1.54, 1.807) is 6.07 Å². The smallest absolute Gasteiger partial charge is 0.371 e. The first kappa shape index (κ1) is 13.1. The van der Waals surface area contributed by atoms with E-state index in [2.05, 4.69) is 11.9 Å². The quantitative estimate of drug-likeness (QED) is 0.928. The van der Waals surface area contributed by atoms with E-state index in [0.717, 1.165) is 37.1 Å². The van der Waals surface area contributed by atoms with Gasteiger partial charge in [-0.15, -0.1) is 0 Å². The Morgan fingerprint density at radius 2 is 2.30 bits per heavy atom. The highest BCUT2D eigenvalue weighted by Gasteiger charge is 2.20. The zero-order valence-corrected chi connectivity index (χ0v) is 11.3. The Labute approximate surface area is 116 Å². The molecule has 0 amide bonds. The van der Waals surface area contributed by atoms with Crippen LogP contribution in [0.3, 0.4) is 0 Å². The summed E-state index contributed by atoms with van der Waals surface area (Å²) in [6.45, 7) is 2.43. The van der Waals surface area contributed by atoms with E-state index in [1.165, 1.54) is 0 Å². The molecule has 0 saturated carbocycles. The second-order valence-corrected chi connectivity index (χ2v) is 5.22. The fourth-order valence-corrected chi connectivity index (χ4v) is 2.58. The minimum atomic E-state index is -1.04. The van der Waals surface area contributed by atoms with Gasteiger partial charge in [-0.05, 0) is 37.2 Å². The molecule has 1 N–H and O–H groups in total. The molecule has 5 heteroatoms. The van der Waals surface area contributed by atoms with Gasteiger partial charge in [0.2, 0.25) is 5.76 Å². The number of carboxylic acids is 1. The molecule has 1 fully saturated rings. The number of rotatable bonds is 4. The average molecular weight is 275 g/mol. The van der Waals surface area contributed by atoms with E-state index < -0.39 is 5.97 Å². The first-order valence-electron chi connectivity index (χ1n) is 6.67. The Morgan fingerprint density at radius 1 is 1.45 bits per heavy atom. The van der Waals surface area contributed by atoms with Crippen molar-refractivity contribution in [2.75, 3.05) is 20.3 Å². The van der Waals surface area contributed by atoms with Gasteiger partial charge in [0.05, 0.1) is 6.61 Å². The first-order chi connectivity index (χ1) is 9.63. The lowest BCUT2D eigenvalue weighted by atomic mass is 10.1. The van der Waals surface area contributed by atoms with Crippen LogP contribution in [0.2, 0.25) is 0 Å². The van der Waals surface area contributed by atoms with Crippen LogP contribution in [0.4, 0.5) is 0 Å². The molecule has 2 aromatic rings. The van der Waals surface area contributed by atoms with Gasteiger partial charge in [0, 0.05) is 24.6 Å². The Hall–Kier alpha value is -1.85. The number of fused-ring (bicyclic) bond motifs is 1. The summed E-state index contributed by atoms with van der Waals surface area (Å²) in [6, 6.07) is 7.82. The third-order valence-corrected chi connectivity index (χ3v) is 3.75. The van der Waals surface area contributed by atoms with Crippen LogP contribution in [0, 0.1) is 0 Å². The summed E-state index contributed by atoms with van der Waals surface area (Å²) < 4.78 is 10.7. The van der Waals surface area contributed by atoms with E-state index in [1.807, 2.05) is 18.2 Å². The normalized spacial score (nSPS) is 19.0. The van der Waals surface area contributed by atoms with Crippen molar-refractivity contribution in [3.05, 3.63) is 35.6 Å². The van der Waals surface area contributed by atoms with Crippen LogP contribution in [0.15, 0.2) is 28.7 Å². The van der Waals surface area contributed by atoms with Crippen LogP contribution in [-0.2, 0) is 11.3 Å². The molecule has 1 aliphatic heterocycles. The van der Waals surface area contributed by atoms with Crippen LogP contribution in [0.5, 0.6) is 0 Å². The molecule has 1 saturated heterocycles. The number of aromatic carboxylic acids is 1. The topological polar surface area (TPSA) is 62.9 Å². The minimum Gasteiger partial charge on any atom is -0.475 e. The standard InChI is InChI=1S/C15H17NO4/c1-16(12-4-5-19-9-12)8-10-2-3-13-11(6-10)7-14(20-13)15(17)18/h2-3,6-7,12H,4-5,8-9H2,1H3,(H,17,18). The van der Waals surface area contributed by atoms with Crippen molar-refractivity contribution in [3.8, 4) is 0 Å². The largest absolute Gasteiger partial charge is 0.475 e. The molecular weight excluding hydrogens is 258 g/mol. The van der Waals surface area contributed by atoms with Crippen LogP contribution in [-0.4, -0.2) is 42.3 Å². The van der Waals surface area contributed by atoms with Crippen molar-refractivity contribution in [2.45, 2.75) is 19.0 Å². The van der Waals surface area contributed by atoms with Crippen LogP contribution in [0.25, 0.3) is 11.0 Å². The number of likely N-dealkylation sites (N-methyl/N-ethyl adjacent to an activating group) is 1. The number of ether oxygens (including phenoxy) is 1. The number of hydrogen-bond acceptors (Lipinski definition) is 4. The lowest BCUT2D eigenvalue weighted by Gasteiger charge is -2.22. The molecule has 5 nitrogen and oxygen atoms in total.